The van der Waals surface area contributed by atoms with Gasteiger partial charge in [-0.3, -0.25) is 14.5 Å². The minimum absolute atomic E-state index is 0.0244. The maximum atomic E-state index is 13.5. The molecule has 1 amide bonds. The van der Waals surface area contributed by atoms with E-state index in [0.29, 0.717) is 28.6 Å². The number of aliphatic hydroxyl groups is 1. The minimum Gasteiger partial charge on any atom is -0.507 e. The average Bonchev–Trinajstić information content (AvgIpc) is 3.32. The fourth-order valence-electron chi connectivity index (χ4n) is 4.92. The van der Waals surface area contributed by atoms with Crippen molar-refractivity contribution in [3.8, 4) is 5.75 Å². The van der Waals surface area contributed by atoms with Gasteiger partial charge in [0.2, 0.25) is 0 Å². The quantitative estimate of drug-likeness (QED) is 0.187. The van der Waals surface area contributed by atoms with Crippen LogP contribution in [0.2, 0.25) is 5.02 Å². The normalized spacial score (nSPS) is 17.2. The van der Waals surface area contributed by atoms with Crippen molar-refractivity contribution in [2.45, 2.75) is 26.8 Å². The van der Waals surface area contributed by atoms with Crippen LogP contribution in [-0.4, -0.2) is 28.4 Å². The van der Waals surface area contributed by atoms with Crippen LogP contribution in [0.1, 0.15) is 35.3 Å². The van der Waals surface area contributed by atoms with Crippen LogP contribution in [0.3, 0.4) is 0 Å². The number of aliphatic hydroxyl groups excluding tert-OH is 1. The number of fused-ring (bicyclic) bond motifs is 1. The Hall–Kier alpha value is -4.03. The summed E-state index contributed by atoms with van der Waals surface area (Å²) in [6.45, 7) is 6.17. The smallest absolute Gasteiger partial charge is 0.300 e. The Morgan fingerprint density at radius 1 is 1.06 bits per heavy atom. The lowest BCUT2D eigenvalue weighted by molar-refractivity contribution is -0.132. The van der Waals surface area contributed by atoms with Gasteiger partial charge in [-0.2, -0.15) is 0 Å². The number of halogens is 1. The van der Waals surface area contributed by atoms with Crippen LogP contribution in [0, 0.1) is 13.8 Å². The lowest BCUT2D eigenvalue weighted by Gasteiger charge is -2.26. The molecule has 6 nitrogen and oxygen atoms in total. The zero-order valence-electron chi connectivity index (χ0n) is 20.1. The summed E-state index contributed by atoms with van der Waals surface area (Å²) in [5.74, 6) is -1.03. The molecule has 0 bridgehead atoms. The Kier molecular flexibility index (Phi) is 6.06. The highest BCUT2D eigenvalue weighted by atomic mass is 35.5. The van der Waals surface area contributed by atoms with Gasteiger partial charge in [0.15, 0.2) is 0 Å². The number of para-hydroxylation sites is 1. The second-order valence-corrected chi connectivity index (χ2v) is 9.21. The average molecular weight is 501 g/mol. The van der Waals surface area contributed by atoms with Crippen LogP contribution < -0.4 is 9.64 Å². The van der Waals surface area contributed by atoms with Crippen LogP contribution in [0.4, 0.5) is 5.69 Å². The number of ketones is 1. The van der Waals surface area contributed by atoms with Crippen LogP contribution in [0.15, 0.2) is 72.3 Å². The van der Waals surface area contributed by atoms with Crippen LogP contribution >= 0.6 is 11.6 Å². The lowest BCUT2D eigenvalue weighted by atomic mass is 9.92. The van der Waals surface area contributed by atoms with E-state index < -0.39 is 17.7 Å². The topological polar surface area (TPSA) is 82.6 Å². The first-order valence-corrected chi connectivity index (χ1v) is 12.1. The third-order valence-corrected chi connectivity index (χ3v) is 6.73. The van der Waals surface area contributed by atoms with Crippen LogP contribution in [0.25, 0.3) is 16.7 Å². The first kappa shape index (κ1) is 23.7. The number of benzene rings is 3. The minimum atomic E-state index is -0.855. The molecular weight excluding hydrogens is 476 g/mol. The molecule has 0 aliphatic carbocycles. The number of aromatic amines is 1. The van der Waals surface area contributed by atoms with Gasteiger partial charge in [-0.25, -0.2) is 0 Å². The van der Waals surface area contributed by atoms with Crippen molar-refractivity contribution < 1.29 is 19.4 Å². The third-order valence-electron chi connectivity index (χ3n) is 6.50. The van der Waals surface area contributed by atoms with Crippen molar-refractivity contribution >= 4 is 45.6 Å². The van der Waals surface area contributed by atoms with Crippen molar-refractivity contribution in [2.24, 2.45) is 0 Å². The SMILES string of the molecule is CCOc1ccc(/C(O)=C2\C(=O)C(=O)N(c3cccc(Cl)c3)C2c2c(C)[nH]c3ccccc23)cc1C. The molecule has 0 spiro atoms. The van der Waals surface area contributed by atoms with Gasteiger partial charge < -0.3 is 14.8 Å². The number of nitrogens with one attached hydrogen (secondary N) is 1. The Morgan fingerprint density at radius 2 is 1.83 bits per heavy atom. The highest BCUT2D eigenvalue weighted by Gasteiger charge is 2.48. The summed E-state index contributed by atoms with van der Waals surface area (Å²) < 4.78 is 5.62. The molecule has 3 aromatic carbocycles. The van der Waals surface area contributed by atoms with Crippen LogP contribution in [0.5, 0.6) is 5.75 Å². The third kappa shape index (κ3) is 3.84. The van der Waals surface area contributed by atoms with E-state index in [2.05, 4.69) is 4.98 Å². The number of hydrogen-bond donors (Lipinski definition) is 2. The zero-order chi connectivity index (χ0) is 25.6. The van der Waals surface area contributed by atoms with Gasteiger partial charge in [-0.15, -0.1) is 0 Å². The first-order chi connectivity index (χ1) is 17.3. The highest BCUT2D eigenvalue weighted by Crippen LogP contribution is 2.46. The number of carbonyl (C=O) groups is 2. The molecule has 2 N–H and O–H groups in total. The molecule has 1 unspecified atom stereocenters. The number of aryl methyl sites for hydroxylation is 2. The van der Waals surface area contributed by atoms with Crippen molar-refractivity contribution in [3.63, 3.8) is 0 Å². The molecular formula is C29H25ClN2O4. The second kappa shape index (κ2) is 9.21. The van der Waals surface area contributed by atoms with E-state index in [1.54, 1.807) is 42.5 Å². The molecule has 36 heavy (non-hydrogen) atoms. The van der Waals surface area contributed by atoms with Gasteiger partial charge in [0, 0.05) is 38.4 Å². The number of Topliss-reactive ketones (excluding diaryl/α,β-unsaturated/α-hetero) is 1. The van der Waals surface area contributed by atoms with Crippen LogP contribution in [-0.2, 0) is 9.59 Å². The molecule has 1 aliphatic heterocycles. The molecule has 1 saturated heterocycles. The van der Waals surface area contributed by atoms with E-state index in [-0.39, 0.29) is 11.3 Å². The highest BCUT2D eigenvalue weighted by molar-refractivity contribution is 6.52. The van der Waals surface area contributed by atoms with Gasteiger partial charge in [0.25, 0.3) is 11.7 Å². The van der Waals surface area contributed by atoms with Crippen molar-refractivity contribution in [2.75, 3.05) is 11.5 Å². The largest absolute Gasteiger partial charge is 0.507 e. The summed E-state index contributed by atoms with van der Waals surface area (Å²) in [6.07, 6.45) is 0. The van der Waals surface area contributed by atoms with E-state index >= 15 is 0 Å². The predicted molar refractivity (Wildman–Crippen MR) is 142 cm³/mol. The molecule has 0 saturated carbocycles. The summed E-state index contributed by atoms with van der Waals surface area (Å²) >= 11 is 6.26. The monoisotopic (exact) mass is 500 g/mol. The van der Waals surface area contributed by atoms with Crippen molar-refractivity contribution in [1.82, 2.24) is 4.98 Å². The van der Waals surface area contributed by atoms with E-state index in [4.69, 9.17) is 16.3 Å². The molecule has 1 atom stereocenters. The number of nitrogens with zero attached hydrogens (tertiary/aromatic N) is 1. The molecule has 0 radical (unpaired) electrons. The zero-order valence-corrected chi connectivity index (χ0v) is 20.9. The number of carbonyl (C=O) groups excluding carboxylic acids is 2. The molecule has 1 aliphatic rings. The number of anilines is 1. The number of ether oxygens (including phenoxy) is 1. The molecule has 1 aromatic heterocycles. The predicted octanol–water partition coefficient (Wildman–Crippen LogP) is 6.46. The molecule has 7 heteroatoms. The Morgan fingerprint density at radius 3 is 2.56 bits per heavy atom. The van der Waals surface area contributed by atoms with Gasteiger partial charge in [-0.1, -0.05) is 35.9 Å². The van der Waals surface area contributed by atoms with Gasteiger partial charge >= 0.3 is 0 Å². The number of H-pyrrole nitrogens is 1. The second-order valence-electron chi connectivity index (χ2n) is 8.77. The van der Waals surface area contributed by atoms with Crippen molar-refractivity contribution in [1.29, 1.82) is 0 Å². The Balaban J connectivity index is 1.78. The Bertz CT molecular complexity index is 1550. The van der Waals surface area contributed by atoms with Gasteiger partial charge in [0.1, 0.15) is 11.5 Å². The maximum Gasteiger partial charge on any atom is 0.300 e. The Labute approximate surface area is 213 Å². The molecule has 1 fully saturated rings. The molecule has 5 rings (SSSR count). The number of rotatable bonds is 5. The summed E-state index contributed by atoms with van der Waals surface area (Å²) in [4.78, 5) is 31.8. The number of aromatic nitrogens is 1. The standard InChI is InChI=1S/C29H25ClN2O4/c1-4-36-23-13-12-18(14-16(23)2)27(33)25-26(24-17(3)31-22-11-6-5-10-21(22)24)32(29(35)28(25)34)20-9-7-8-19(30)15-20/h5-15,26,31,33H,4H2,1-3H3/b27-25+. The van der Waals surface area contributed by atoms with E-state index in [1.165, 1.54) is 4.90 Å². The van der Waals surface area contributed by atoms with Gasteiger partial charge in [-0.05, 0) is 68.8 Å². The summed E-state index contributed by atoms with van der Waals surface area (Å²) in [5.41, 5.74) is 4.15. The maximum absolute atomic E-state index is 13.5. The fourth-order valence-corrected chi connectivity index (χ4v) is 5.10. The van der Waals surface area contributed by atoms with E-state index in [9.17, 15) is 14.7 Å². The summed E-state index contributed by atoms with van der Waals surface area (Å²) in [5, 5.41) is 12.8. The van der Waals surface area contributed by atoms with Crippen molar-refractivity contribution in [3.05, 3.63) is 99.7 Å². The lowest BCUT2D eigenvalue weighted by Crippen LogP contribution is -2.29. The van der Waals surface area contributed by atoms with Gasteiger partial charge in [0.05, 0.1) is 18.2 Å². The summed E-state index contributed by atoms with van der Waals surface area (Å²) in [6, 6.07) is 18.9. The fraction of sp³-hybridized carbons (Fsp3) is 0.172. The number of amides is 1. The van der Waals surface area contributed by atoms with E-state index in [1.807, 2.05) is 45.0 Å². The number of hydrogen-bond acceptors (Lipinski definition) is 4. The van der Waals surface area contributed by atoms with E-state index in [0.717, 1.165) is 27.7 Å². The first-order valence-electron chi connectivity index (χ1n) is 11.7. The molecule has 4 aromatic rings. The summed E-state index contributed by atoms with van der Waals surface area (Å²) in [7, 11) is 0. The molecule has 2 heterocycles. The molecule has 182 valence electrons.